The Morgan fingerprint density at radius 2 is 2.10 bits per heavy atom. The zero-order valence-corrected chi connectivity index (χ0v) is 7.01. The first-order valence-corrected chi connectivity index (χ1v) is 3.59. The summed E-state index contributed by atoms with van der Waals surface area (Å²) in [6.07, 6.45) is 0. The number of halogens is 2. The molecule has 54 valence electrons. The van der Waals surface area contributed by atoms with Gasteiger partial charge in [0.2, 0.25) is 0 Å². The molecule has 0 nitrogen and oxygen atoms in total. The van der Waals surface area contributed by atoms with Crippen molar-refractivity contribution in [3.05, 3.63) is 28.5 Å². The second-order valence-corrected chi connectivity index (χ2v) is 2.89. The van der Waals surface area contributed by atoms with E-state index in [1.165, 1.54) is 0 Å². The van der Waals surface area contributed by atoms with Crippen LogP contribution in [0.25, 0.3) is 0 Å². The molecule has 0 atom stereocenters. The largest absolute Gasteiger partial charge is 0.204 e. The van der Waals surface area contributed by atoms with Crippen LogP contribution in [0, 0.1) is 12.7 Å². The summed E-state index contributed by atoms with van der Waals surface area (Å²) in [6, 6.07) is 3.31. The minimum Gasteiger partial charge on any atom is -0.204 e. The molecule has 1 aromatic carbocycles. The molecule has 0 fully saturated rings. The van der Waals surface area contributed by atoms with Crippen LogP contribution in [-0.2, 0) is 0 Å². The van der Waals surface area contributed by atoms with Gasteiger partial charge in [0, 0.05) is 4.90 Å². The van der Waals surface area contributed by atoms with Gasteiger partial charge < -0.3 is 0 Å². The lowest BCUT2D eigenvalue weighted by Crippen LogP contribution is -1.82. The van der Waals surface area contributed by atoms with Crippen LogP contribution in [-0.4, -0.2) is 0 Å². The molecule has 0 aliphatic carbocycles. The Morgan fingerprint density at radius 1 is 1.50 bits per heavy atom. The van der Waals surface area contributed by atoms with Crippen LogP contribution in [0.5, 0.6) is 0 Å². The quantitative estimate of drug-likeness (QED) is 0.577. The second kappa shape index (κ2) is 2.81. The first-order chi connectivity index (χ1) is 4.63. The van der Waals surface area contributed by atoms with Crippen LogP contribution in [0.2, 0.25) is 5.02 Å². The van der Waals surface area contributed by atoms with E-state index in [4.69, 9.17) is 11.6 Å². The average Bonchev–Trinajstić information content (AvgIpc) is 1.93. The highest BCUT2D eigenvalue weighted by Crippen LogP contribution is 2.24. The fourth-order valence-corrected chi connectivity index (χ4v) is 1.05. The molecular formula is C7H6ClFS. The van der Waals surface area contributed by atoms with Gasteiger partial charge in [-0.25, -0.2) is 4.39 Å². The Bertz CT molecular complexity index is 233. The lowest BCUT2D eigenvalue weighted by Gasteiger charge is -1.99. The van der Waals surface area contributed by atoms with Gasteiger partial charge in [-0.15, -0.1) is 12.6 Å². The van der Waals surface area contributed by atoms with Crippen LogP contribution >= 0.6 is 24.2 Å². The normalized spacial score (nSPS) is 10.0. The molecule has 0 aliphatic heterocycles. The molecule has 3 heteroatoms. The van der Waals surface area contributed by atoms with E-state index < -0.39 is 5.82 Å². The highest BCUT2D eigenvalue weighted by atomic mass is 35.5. The second-order valence-electron chi connectivity index (χ2n) is 2.03. The number of hydrogen-bond donors (Lipinski definition) is 1. The number of benzene rings is 1. The van der Waals surface area contributed by atoms with Gasteiger partial charge in [-0.1, -0.05) is 17.7 Å². The molecule has 0 radical (unpaired) electrons. The van der Waals surface area contributed by atoms with Crippen LogP contribution < -0.4 is 0 Å². The minimum atomic E-state index is -0.440. The predicted molar refractivity (Wildman–Crippen MR) is 43.4 cm³/mol. The molecule has 0 aromatic heterocycles. The van der Waals surface area contributed by atoms with Gasteiger partial charge >= 0.3 is 0 Å². The van der Waals surface area contributed by atoms with Gasteiger partial charge in [0.15, 0.2) is 5.82 Å². The molecule has 0 heterocycles. The third-order valence-electron chi connectivity index (χ3n) is 1.26. The summed E-state index contributed by atoms with van der Waals surface area (Å²) in [5.41, 5.74) is 0.733. The highest BCUT2D eigenvalue weighted by Gasteiger charge is 2.04. The first kappa shape index (κ1) is 7.89. The molecule has 0 saturated heterocycles. The molecule has 0 unspecified atom stereocenters. The van der Waals surface area contributed by atoms with Gasteiger partial charge in [0.05, 0.1) is 5.02 Å². The van der Waals surface area contributed by atoms with E-state index in [1.807, 2.05) is 0 Å². The molecule has 0 saturated carbocycles. The van der Waals surface area contributed by atoms with Crippen molar-refractivity contribution in [3.63, 3.8) is 0 Å². The third kappa shape index (κ3) is 1.27. The zero-order valence-electron chi connectivity index (χ0n) is 5.36. The lowest BCUT2D eigenvalue weighted by molar-refractivity contribution is 0.602. The smallest absolute Gasteiger partial charge is 0.155 e. The van der Waals surface area contributed by atoms with Crippen LogP contribution in [0.1, 0.15) is 5.56 Å². The van der Waals surface area contributed by atoms with Crippen molar-refractivity contribution in [2.24, 2.45) is 0 Å². The molecule has 1 aromatic rings. The summed E-state index contributed by atoms with van der Waals surface area (Å²) < 4.78 is 12.8. The van der Waals surface area contributed by atoms with E-state index in [1.54, 1.807) is 19.1 Å². The summed E-state index contributed by atoms with van der Waals surface area (Å²) in [4.78, 5) is 0.288. The standard InChI is InChI=1S/C7H6ClFS/c1-4-2-3-5(10)7(9)6(4)8/h2-3,10H,1H3. The maximum absolute atomic E-state index is 12.8. The fourth-order valence-electron chi connectivity index (χ4n) is 0.636. The number of rotatable bonds is 0. The Labute approximate surface area is 69.4 Å². The summed E-state index contributed by atoms with van der Waals surface area (Å²) in [6.45, 7) is 1.75. The molecule has 0 bridgehead atoms. The summed E-state index contributed by atoms with van der Waals surface area (Å²) in [7, 11) is 0. The highest BCUT2D eigenvalue weighted by molar-refractivity contribution is 7.80. The molecular weight excluding hydrogens is 171 g/mol. The number of aryl methyl sites for hydroxylation is 1. The minimum absolute atomic E-state index is 0.160. The third-order valence-corrected chi connectivity index (χ3v) is 2.06. The molecule has 0 aliphatic rings. The Kier molecular flexibility index (Phi) is 2.21. The molecule has 0 amide bonds. The van der Waals surface area contributed by atoms with Crippen LogP contribution in [0.15, 0.2) is 17.0 Å². The topological polar surface area (TPSA) is 0 Å². The van der Waals surface area contributed by atoms with Crippen molar-refractivity contribution >= 4 is 24.2 Å². The Hall–Kier alpha value is -0.210. The Morgan fingerprint density at radius 3 is 2.60 bits per heavy atom. The van der Waals surface area contributed by atoms with Gasteiger partial charge in [-0.2, -0.15) is 0 Å². The lowest BCUT2D eigenvalue weighted by atomic mass is 10.2. The molecule has 1 rings (SSSR count). The van der Waals surface area contributed by atoms with Crippen molar-refractivity contribution in [1.82, 2.24) is 0 Å². The van der Waals surface area contributed by atoms with Crippen molar-refractivity contribution in [2.45, 2.75) is 11.8 Å². The van der Waals surface area contributed by atoms with E-state index >= 15 is 0 Å². The van der Waals surface area contributed by atoms with E-state index in [-0.39, 0.29) is 9.92 Å². The predicted octanol–water partition coefficient (Wildman–Crippen LogP) is 3.08. The van der Waals surface area contributed by atoms with Crippen molar-refractivity contribution < 1.29 is 4.39 Å². The van der Waals surface area contributed by atoms with Crippen molar-refractivity contribution in [3.8, 4) is 0 Å². The maximum atomic E-state index is 12.8. The van der Waals surface area contributed by atoms with E-state index in [0.29, 0.717) is 0 Å². The van der Waals surface area contributed by atoms with Gasteiger partial charge in [-0.3, -0.25) is 0 Å². The number of hydrogen-bond acceptors (Lipinski definition) is 1. The summed E-state index contributed by atoms with van der Waals surface area (Å²) >= 11 is 9.41. The SMILES string of the molecule is Cc1ccc(S)c(F)c1Cl. The van der Waals surface area contributed by atoms with E-state index in [0.717, 1.165) is 5.56 Å². The van der Waals surface area contributed by atoms with Crippen LogP contribution in [0.3, 0.4) is 0 Å². The van der Waals surface area contributed by atoms with Gasteiger partial charge in [-0.05, 0) is 18.6 Å². The molecule has 0 N–H and O–H groups in total. The van der Waals surface area contributed by atoms with Crippen molar-refractivity contribution in [1.29, 1.82) is 0 Å². The molecule has 0 spiro atoms. The Balaban J connectivity index is 3.34. The summed E-state index contributed by atoms with van der Waals surface area (Å²) in [5, 5.41) is 0.160. The van der Waals surface area contributed by atoms with E-state index in [9.17, 15) is 4.39 Å². The van der Waals surface area contributed by atoms with Gasteiger partial charge in [0.25, 0.3) is 0 Å². The fraction of sp³-hybridized carbons (Fsp3) is 0.143. The van der Waals surface area contributed by atoms with Crippen LogP contribution in [0.4, 0.5) is 4.39 Å². The first-order valence-electron chi connectivity index (χ1n) is 2.76. The molecule has 10 heavy (non-hydrogen) atoms. The number of thiol groups is 1. The van der Waals surface area contributed by atoms with E-state index in [2.05, 4.69) is 12.6 Å². The van der Waals surface area contributed by atoms with Gasteiger partial charge in [0.1, 0.15) is 0 Å². The maximum Gasteiger partial charge on any atom is 0.155 e. The zero-order chi connectivity index (χ0) is 7.72. The summed E-state index contributed by atoms with van der Waals surface area (Å²) in [5.74, 6) is -0.440. The average molecular weight is 177 g/mol. The monoisotopic (exact) mass is 176 g/mol. The van der Waals surface area contributed by atoms with Crippen molar-refractivity contribution in [2.75, 3.05) is 0 Å².